The maximum atomic E-state index is 6.20. The second-order valence-corrected chi connectivity index (χ2v) is 5.14. The van der Waals surface area contributed by atoms with Gasteiger partial charge in [-0.15, -0.1) is 0 Å². The Hall–Kier alpha value is -0.930. The number of aromatic nitrogens is 2. The molecule has 0 saturated heterocycles. The van der Waals surface area contributed by atoms with Crippen LogP contribution in [0.4, 0.5) is 0 Å². The first kappa shape index (κ1) is 11.6. The van der Waals surface area contributed by atoms with E-state index in [0.29, 0.717) is 16.9 Å². The van der Waals surface area contributed by atoms with E-state index in [-0.39, 0.29) is 0 Å². The third-order valence-electron chi connectivity index (χ3n) is 2.45. The zero-order valence-corrected chi connectivity index (χ0v) is 11.1. The number of thiophene rings is 1. The number of rotatable bonds is 2. The van der Waals surface area contributed by atoms with Crippen molar-refractivity contribution in [1.82, 2.24) is 9.97 Å². The second kappa shape index (κ2) is 4.52. The fraction of sp³-hybridized carbons (Fsp3) is 0.333. The molecule has 0 aromatic carbocycles. The molecule has 4 heteroatoms. The highest BCUT2D eigenvalue weighted by atomic mass is 35.5. The van der Waals surface area contributed by atoms with Crippen LogP contribution in [0.25, 0.3) is 11.4 Å². The van der Waals surface area contributed by atoms with Crippen molar-refractivity contribution in [2.45, 2.75) is 26.7 Å². The van der Waals surface area contributed by atoms with Gasteiger partial charge in [-0.3, -0.25) is 0 Å². The lowest BCUT2D eigenvalue weighted by Crippen LogP contribution is -2.01. The third-order valence-corrected chi connectivity index (χ3v) is 3.42. The van der Waals surface area contributed by atoms with Crippen LogP contribution >= 0.6 is 22.9 Å². The van der Waals surface area contributed by atoms with Crippen LogP contribution in [0.5, 0.6) is 0 Å². The Labute approximate surface area is 104 Å². The van der Waals surface area contributed by atoms with Gasteiger partial charge in [0.05, 0.1) is 0 Å². The molecule has 84 valence electrons. The minimum atomic E-state index is 0.351. The van der Waals surface area contributed by atoms with Gasteiger partial charge in [0, 0.05) is 22.2 Å². The average molecular weight is 253 g/mol. The smallest absolute Gasteiger partial charge is 0.161 e. The van der Waals surface area contributed by atoms with Crippen LogP contribution < -0.4 is 0 Å². The van der Waals surface area contributed by atoms with Gasteiger partial charge in [0.25, 0.3) is 0 Å². The van der Waals surface area contributed by atoms with Crippen molar-refractivity contribution in [3.8, 4) is 11.4 Å². The van der Waals surface area contributed by atoms with Gasteiger partial charge in [0.1, 0.15) is 5.15 Å². The van der Waals surface area contributed by atoms with Gasteiger partial charge in [0.15, 0.2) is 5.82 Å². The van der Waals surface area contributed by atoms with E-state index in [9.17, 15) is 0 Å². The molecule has 0 spiro atoms. The lowest BCUT2D eigenvalue weighted by molar-refractivity contribution is 0.831. The summed E-state index contributed by atoms with van der Waals surface area (Å²) in [5.74, 6) is 1.07. The molecule has 0 N–H and O–H groups in total. The molecule has 0 amide bonds. The molecule has 0 fully saturated rings. The van der Waals surface area contributed by atoms with E-state index < -0.39 is 0 Å². The highest BCUT2D eigenvalue weighted by Crippen LogP contribution is 2.28. The van der Waals surface area contributed by atoms with Gasteiger partial charge >= 0.3 is 0 Å². The van der Waals surface area contributed by atoms with E-state index in [2.05, 4.69) is 23.8 Å². The molecule has 2 nitrogen and oxygen atoms in total. The molecule has 0 aliphatic carbocycles. The topological polar surface area (TPSA) is 25.8 Å². The summed E-state index contributed by atoms with van der Waals surface area (Å²) >= 11 is 7.83. The number of hydrogen-bond acceptors (Lipinski definition) is 3. The normalized spacial score (nSPS) is 11.1. The first-order valence-corrected chi connectivity index (χ1v) is 6.48. The van der Waals surface area contributed by atoms with E-state index in [4.69, 9.17) is 11.6 Å². The average Bonchev–Trinajstić information content (AvgIpc) is 2.67. The van der Waals surface area contributed by atoms with Crippen LogP contribution in [0.3, 0.4) is 0 Å². The van der Waals surface area contributed by atoms with Crippen molar-refractivity contribution in [3.63, 3.8) is 0 Å². The Bertz CT molecular complexity index is 469. The molecule has 0 unspecified atom stereocenters. The van der Waals surface area contributed by atoms with Crippen LogP contribution in [0, 0.1) is 6.92 Å². The molecule has 0 atom stereocenters. The Morgan fingerprint density at radius 2 is 2.06 bits per heavy atom. The van der Waals surface area contributed by atoms with Gasteiger partial charge in [-0.05, 0) is 24.3 Å². The standard InChI is InChI=1S/C12H13ClN2S/c1-7(2)10-8(3)14-12(15-11(10)13)9-4-5-16-6-9/h4-7H,1-3H3. The molecule has 2 aromatic rings. The highest BCUT2D eigenvalue weighted by Gasteiger charge is 2.13. The molecular weight excluding hydrogens is 240 g/mol. The number of hydrogen-bond donors (Lipinski definition) is 0. The first-order chi connectivity index (χ1) is 7.59. The van der Waals surface area contributed by atoms with Crippen LogP contribution in [0.1, 0.15) is 31.0 Å². The van der Waals surface area contributed by atoms with Gasteiger partial charge in [-0.25, -0.2) is 9.97 Å². The van der Waals surface area contributed by atoms with E-state index in [1.807, 2.05) is 23.8 Å². The first-order valence-electron chi connectivity index (χ1n) is 5.16. The second-order valence-electron chi connectivity index (χ2n) is 4.00. The predicted octanol–water partition coefficient (Wildman–Crippen LogP) is 4.29. The predicted molar refractivity (Wildman–Crippen MR) is 69.2 cm³/mol. The highest BCUT2D eigenvalue weighted by molar-refractivity contribution is 7.08. The summed E-state index contributed by atoms with van der Waals surface area (Å²) in [6.45, 7) is 6.18. The van der Waals surface area contributed by atoms with E-state index >= 15 is 0 Å². The summed E-state index contributed by atoms with van der Waals surface area (Å²) in [6, 6.07) is 2.00. The van der Waals surface area contributed by atoms with Crippen molar-refractivity contribution in [3.05, 3.63) is 33.2 Å². The molecule has 2 rings (SSSR count). The van der Waals surface area contributed by atoms with Crippen LogP contribution in [-0.2, 0) is 0 Å². The summed E-state index contributed by atoms with van der Waals surface area (Å²) in [5, 5.41) is 4.61. The minimum absolute atomic E-state index is 0.351. The molecule has 0 saturated carbocycles. The monoisotopic (exact) mass is 252 g/mol. The maximum absolute atomic E-state index is 6.20. The van der Waals surface area contributed by atoms with E-state index in [1.165, 1.54) is 0 Å². The Morgan fingerprint density at radius 3 is 2.56 bits per heavy atom. The molecular formula is C12H13ClN2S. The molecule has 2 heterocycles. The van der Waals surface area contributed by atoms with Crippen molar-refractivity contribution in [2.24, 2.45) is 0 Å². The minimum Gasteiger partial charge on any atom is -0.233 e. The Kier molecular flexibility index (Phi) is 3.26. The van der Waals surface area contributed by atoms with Gasteiger partial charge in [0.2, 0.25) is 0 Å². The lowest BCUT2D eigenvalue weighted by Gasteiger charge is -2.11. The van der Waals surface area contributed by atoms with Crippen molar-refractivity contribution in [2.75, 3.05) is 0 Å². The van der Waals surface area contributed by atoms with Gasteiger partial charge in [-0.1, -0.05) is 25.4 Å². The van der Waals surface area contributed by atoms with Crippen LogP contribution in [0.2, 0.25) is 5.15 Å². The van der Waals surface area contributed by atoms with Gasteiger partial charge in [-0.2, -0.15) is 11.3 Å². The van der Waals surface area contributed by atoms with E-state index in [1.54, 1.807) is 11.3 Å². The van der Waals surface area contributed by atoms with Crippen molar-refractivity contribution >= 4 is 22.9 Å². The van der Waals surface area contributed by atoms with Gasteiger partial charge < -0.3 is 0 Å². The zero-order valence-electron chi connectivity index (χ0n) is 9.49. The Balaban J connectivity index is 2.53. The molecule has 2 aromatic heterocycles. The fourth-order valence-electron chi connectivity index (χ4n) is 1.72. The third kappa shape index (κ3) is 2.11. The largest absolute Gasteiger partial charge is 0.233 e. The molecule has 0 aliphatic heterocycles. The summed E-state index contributed by atoms with van der Waals surface area (Å²) in [7, 11) is 0. The summed E-state index contributed by atoms with van der Waals surface area (Å²) < 4.78 is 0. The fourth-order valence-corrected chi connectivity index (χ4v) is 2.79. The summed E-state index contributed by atoms with van der Waals surface area (Å²) in [6.07, 6.45) is 0. The molecule has 0 aliphatic rings. The van der Waals surface area contributed by atoms with Crippen LogP contribution in [-0.4, -0.2) is 9.97 Å². The van der Waals surface area contributed by atoms with Crippen molar-refractivity contribution in [1.29, 1.82) is 0 Å². The lowest BCUT2D eigenvalue weighted by atomic mass is 10.0. The SMILES string of the molecule is Cc1nc(-c2ccsc2)nc(Cl)c1C(C)C. The molecule has 0 radical (unpaired) electrons. The summed E-state index contributed by atoms with van der Waals surface area (Å²) in [4.78, 5) is 8.87. The number of nitrogens with zero attached hydrogens (tertiary/aromatic N) is 2. The Morgan fingerprint density at radius 1 is 1.31 bits per heavy atom. The summed E-state index contributed by atoms with van der Waals surface area (Å²) in [5.41, 5.74) is 3.04. The molecule has 0 bridgehead atoms. The molecule has 16 heavy (non-hydrogen) atoms. The number of halogens is 1. The van der Waals surface area contributed by atoms with E-state index in [0.717, 1.165) is 16.8 Å². The maximum Gasteiger partial charge on any atom is 0.161 e. The van der Waals surface area contributed by atoms with Crippen LogP contribution in [0.15, 0.2) is 16.8 Å². The quantitative estimate of drug-likeness (QED) is 0.745. The zero-order chi connectivity index (χ0) is 11.7. The number of aryl methyl sites for hydroxylation is 1. The van der Waals surface area contributed by atoms with Crippen molar-refractivity contribution < 1.29 is 0 Å².